The highest BCUT2D eigenvalue weighted by atomic mass is 32.2. The second-order valence-corrected chi connectivity index (χ2v) is 10.2. The molecule has 4 rings (SSSR count). The second kappa shape index (κ2) is 10.5. The van der Waals surface area contributed by atoms with Gasteiger partial charge >= 0.3 is 11.9 Å². The zero-order valence-electron chi connectivity index (χ0n) is 18.5. The van der Waals surface area contributed by atoms with Crippen LogP contribution in [0.15, 0.2) is 27.2 Å². The fourth-order valence-electron chi connectivity index (χ4n) is 3.35. The molecule has 1 fully saturated rings. The van der Waals surface area contributed by atoms with Gasteiger partial charge in [0, 0.05) is 29.0 Å². The summed E-state index contributed by atoms with van der Waals surface area (Å²) >= 11 is 3.54. The Balaban J connectivity index is 1.49. The van der Waals surface area contributed by atoms with E-state index in [0.29, 0.717) is 10.8 Å². The molecule has 0 spiro atoms. The van der Waals surface area contributed by atoms with E-state index >= 15 is 0 Å². The number of nitrogens with one attached hydrogen (secondary N) is 1. The maximum Gasteiger partial charge on any atom is 0.352 e. The Labute approximate surface area is 215 Å². The van der Waals surface area contributed by atoms with Crippen molar-refractivity contribution in [3.8, 4) is 0 Å². The number of oxime groups is 1. The maximum atomic E-state index is 13.1. The number of esters is 1. The highest BCUT2D eigenvalue weighted by molar-refractivity contribution is 8.00. The first-order chi connectivity index (χ1) is 17.2. The molecule has 0 saturated carbocycles. The van der Waals surface area contributed by atoms with Gasteiger partial charge in [-0.15, -0.1) is 34.4 Å². The Morgan fingerprint density at radius 1 is 1.22 bits per heavy atom. The van der Waals surface area contributed by atoms with Crippen LogP contribution in [0.3, 0.4) is 0 Å². The van der Waals surface area contributed by atoms with E-state index in [1.807, 2.05) is 0 Å². The predicted molar refractivity (Wildman–Crippen MR) is 131 cm³/mol. The van der Waals surface area contributed by atoms with Gasteiger partial charge in [-0.2, -0.15) is 0 Å². The van der Waals surface area contributed by atoms with Crippen molar-refractivity contribution in [3.05, 3.63) is 33.4 Å². The van der Waals surface area contributed by atoms with E-state index in [0.717, 1.165) is 16.2 Å². The topological polar surface area (TPSA) is 212 Å². The number of amides is 2. The molecule has 2 aliphatic heterocycles. The average Bonchev–Trinajstić information content (AvgIpc) is 3.45. The van der Waals surface area contributed by atoms with Crippen molar-refractivity contribution in [1.82, 2.24) is 20.2 Å². The Kier molecular flexibility index (Phi) is 7.41. The van der Waals surface area contributed by atoms with Crippen molar-refractivity contribution in [3.63, 3.8) is 0 Å². The van der Waals surface area contributed by atoms with Gasteiger partial charge in [-0.3, -0.25) is 19.3 Å². The van der Waals surface area contributed by atoms with Crippen molar-refractivity contribution in [2.75, 3.05) is 23.8 Å². The van der Waals surface area contributed by atoms with Gasteiger partial charge in [0.1, 0.15) is 29.4 Å². The number of aromatic nitrogens is 2. The third kappa shape index (κ3) is 5.26. The molecule has 2 amide bonds. The first kappa shape index (κ1) is 25.4. The van der Waals surface area contributed by atoms with E-state index in [-0.39, 0.29) is 46.8 Å². The van der Waals surface area contributed by atoms with E-state index in [2.05, 4.69) is 20.4 Å². The van der Waals surface area contributed by atoms with E-state index in [9.17, 15) is 24.3 Å². The molecule has 0 radical (unpaired) electrons. The highest BCUT2D eigenvalue weighted by Gasteiger charge is 2.54. The van der Waals surface area contributed by atoms with Gasteiger partial charge in [-0.05, 0) is 0 Å². The SMILES string of the molecule is CC(=O)OCC1=C(C(=O)O)N2C(=O)[C@@H](NC(=O)/C(=N\OCc3csc(N)n3)c3csc(N)n3)[C@H]2SC1. The average molecular weight is 554 g/mol. The number of carbonyl (C=O) groups excluding carboxylic acids is 3. The molecule has 0 aliphatic carbocycles. The van der Waals surface area contributed by atoms with Gasteiger partial charge in [-0.1, -0.05) is 5.16 Å². The number of aliphatic carboxylic acids is 1. The summed E-state index contributed by atoms with van der Waals surface area (Å²) in [7, 11) is 0. The largest absolute Gasteiger partial charge is 0.477 e. The van der Waals surface area contributed by atoms with Crippen LogP contribution in [0.5, 0.6) is 0 Å². The number of nitrogen functional groups attached to an aromatic ring is 2. The van der Waals surface area contributed by atoms with Gasteiger partial charge in [0.05, 0.1) is 5.69 Å². The number of carboxylic acid groups (broad SMARTS) is 1. The van der Waals surface area contributed by atoms with Crippen molar-refractivity contribution < 1.29 is 33.9 Å². The number of nitrogens with zero attached hydrogens (tertiary/aromatic N) is 4. The summed E-state index contributed by atoms with van der Waals surface area (Å²) in [6.45, 7) is 0.892. The number of hydrogen-bond donors (Lipinski definition) is 4. The molecule has 0 aromatic carbocycles. The molecule has 0 unspecified atom stereocenters. The van der Waals surface area contributed by atoms with Crippen LogP contribution in [-0.2, 0) is 35.4 Å². The summed E-state index contributed by atoms with van der Waals surface area (Å²) < 4.78 is 4.91. The molecule has 0 bridgehead atoms. The smallest absolute Gasteiger partial charge is 0.352 e. The molecule has 14 nitrogen and oxygen atoms in total. The highest BCUT2D eigenvalue weighted by Crippen LogP contribution is 2.40. The Hall–Kier alpha value is -3.70. The normalized spacial score (nSPS) is 19.4. The molecule has 2 aliphatic rings. The second-order valence-electron chi connectivity index (χ2n) is 7.36. The van der Waals surface area contributed by atoms with Crippen LogP contribution in [0.2, 0.25) is 0 Å². The first-order valence-corrected chi connectivity index (χ1v) is 12.9. The van der Waals surface area contributed by atoms with Gasteiger partial charge in [0.2, 0.25) is 0 Å². The monoisotopic (exact) mass is 553 g/mol. The maximum absolute atomic E-state index is 13.1. The summed E-state index contributed by atoms with van der Waals surface area (Å²) in [6.07, 6.45) is 0. The molecular formula is C19H19N7O7S3. The number of β-lactam (4-membered cyclic amide) rings is 1. The molecule has 1 saturated heterocycles. The number of thioether (sulfide) groups is 1. The molecule has 6 N–H and O–H groups in total. The van der Waals surface area contributed by atoms with E-state index in [4.69, 9.17) is 21.0 Å². The minimum absolute atomic E-state index is 0.0589. The fourth-order valence-corrected chi connectivity index (χ4v) is 5.77. The molecule has 2 atom stereocenters. The Morgan fingerprint density at radius 2 is 1.94 bits per heavy atom. The molecule has 190 valence electrons. The number of anilines is 2. The van der Waals surface area contributed by atoms with Crippen molar-refractivity contribution in [1.29, 1.82) is 0 Å². The lowest BCUT2D eigenvalue weighted by Crippen LogP contribution is -2.71. The van der Waals surface area contributed by atoms with E-state index < -0.39 is 35.2 Å². The van der Waals surface area contributed by atoms with E-state index in [1.54, 1.807) is 5.38 Å². The van der Waals surface area contributed by atoms with Gasteiger partial charge in [0.15, 0.2) is 22.6 Å². The number of thiazole rings is 2. The molecule has 2 aromatic rings. The van der Waals surface area contributed by atoms with Crippen LogP contribution < -0.4 is 16.8 Å². The summed E-state index contributed by atoms with van der Waals surface area (Å²) in [6, 6.07) is -1.02. The van der Waals surface area contributed by atoms with Crippen LogP contribution in [0.4, 0.5) is 10.3 Å². The summed E-state index contributed by atoms with van der Waals surface area (Å²) in [5.41, 5.74) is 11.7. The van der Waals surface area contributed by atoms with Crippen molar-refractivity contribution in [2.45, 2.75) is 24.9 Å². The molecule has 4 heterocycles. The minimum atomic E-state index is -1.34. The number of nitrogens with two attached hydrogens (primary N) is 2. The zero-order chi connectivity index (χ0) is 26.0. The lowest BCUT2D eigenvalue weighted by molar-refractivity contribution is -0.150. The minimum Gasteiger partial charge on any atom is -0.477 e. The number of fused-ring (bicyclic) bond motifs is 1. The van der Waals surface area contributed by atoms with Gasteiger partial charge in [-0.25, -0.2) is 14.8 Å². The Bertz CT molecular complexity index is 1290. The first-order valence-electron chi connectivity index (χ1n) is 10.1. The van der Waals surface area contributed by atoms with Crippen LogP contribution in [-0.4, -0.2) is 73.2 Å². The zero-order valence-corrected chi connectivity index (χ0v) is 20.9. The molecule has 36 heavy (non-hydrogen) atoms. The molecular weight excluding hydrogens is 534 g/mol. The van der Waals surface area contributed by atoms with Crippen molar-refractivity contribution in [2.24, 2.45) is 5.16 Å². The predicted octanol–water partition coefficient (Wildman–Crippen LogP) is -0.0134. The number of hydrogen-bond acceptors (Lipinski definition) is 14. The van der Waals surface area contributed by atoms with Crippen LogP contribution in [0.1, 0.15) is 18.3 Å². The van der Waals surface area contributed by atoms with Gasteiger partial charge < -0.3 is 31.5 Å². The number of carbonyl (C=O) groups is 4. The van der Waals surface area contributed by atoms with Crippen LogP contribution >= 0.6 is 34.4 Å². The van der Waals surface area contributed by atoms with Crippen LogP contribution in [0, 0.1) is 0 Å². The number of rotatable bonds is 9. The van der Waals surface area contributed by atoms with E-state index in [1.165, 1.54) is 35.4 Å². The lowest BCUT2D eigenvalue weighted by atomic mass is 10.0. The quantitative estimate of drug-likeness (QED) is 0.140. The number of ether oxygens (including phenoxy) is 1. The molecule has 2 aromatic heterocycles. The summed E-state index contributed by atoms with van der Waals surface area (Å²) in [5, 5.41) is 19.2. The van der Waals surface area contributed by atoms with Gasteiger partial charge in [0.25, 0.3) is 11.8 Å². The Morgan fingerprint density at radius 3 is 2.56 bits per heavy atom. The number of carboxylic acids is 1. The molecule has 17 heteroatoms. The van der Waals surface area contributed by atoms with Crippen molar-refractivity contribution >= 4 is 74.2 Å². The summed E-state index contributed by atoms with van der Waals surface area (Å²) in [4.78, 5) is 63.4. The fraction of sp³-hybridized carbons (Fsp3) is 0.316. The lowest BCUT2D eigenvalue weighted by Gasteiger charge is -2.49. The summed E-state index contributed by atoms with van der Waals surface area (Å²) in [5.74, 6) is -3.11. The standard InChI is InChI=1S/C19H19N7O7S3/c1-7(27)32-2-8-4-34-16-12(15(29)26(16)13(8)17(30)31)24-14(28)11(10-6-36-19(21)23-10)25-33-3-9-5-35-18(20)22-9/h5-6,12,16H,2-4H2,1H3,(H2,20,22)(H2,21,23)(H,24,28)(H,30,31)/b25-11-/t12-,16-/m1/s1. The third-order valence-corrected chi connectivity index (χ3v) is 7.64. The van der Waals surface area contributed by atoms with Crippen LogP contribution in [0.25, 0.3) is 0 Å². The third-order valence-electron chi connectivity index (χ3n) is 4.90.